The number of hydrogen-bond donors (Lipinski definition) is 3. The van der Waals surface area contributed by atoms with Crippen molar-refractivity contribution in [2.24, 2.45) is 0 Å². The van der Waals surface area contributed by atoms with Crippen molar-refractivity contribution in [3.05, 3.63) is 47.5 Å². The molecule has 2 aromatic carbocycles. The van der Waals surface area contributed by atoms with Crippen molar-refractivity contribution in [1.29, 1.82) is 0 Å². The van der Waals surface area contributed by atoms with Crippen LogP contribution in [0.2, 0.25) is 0 Å². The third kappa shape index (κ3) is 7.32. The Balaban J connectivity index is 1.69. The molecule has 41 heavy (non-hydrogen) atoms. The van der Waals surface area contributed by atoms with Gasteiger partial charge in [-0.15, -0.1) is 0 Å². The summed E-state index contributed by atoms with van der Waals surface area (Å²) in [6.07, 6.45) is -1.81. The number of carbonyl (C=O) groups is 3. The van der Waals surface area contributed by atoms with Crippen molar-refractivity contribution in [1.82, 2.24) is 10.2 Å². The number of rotatable bonds is 10. The number of hydrogen-bond acceptors (Lipinski definition) is 9. The minimum absolute atomic E-state index is 0.0716. The SMILES string of the molecule is COc1cc(OC)c(OC)cc1/C=C/COC(=O)C1CCCN1C(=O)C(NC(=O)c1ccc(O)c(O)c1)C(F)(F)F. The van der Waals surface area contributed by atoms with Crippen LogP contribution in [0, 0.1) is 0 Å². The van der Waals surface area contributed by atoms with Crippen LogP contribution in [0.25, 0.3) is 6.08 Å². The van der Waals surface area contributed by atoms with Gasteiger partial charge in [-0.2, -0.15) is 13.2 Å². The van der Waals surface area contributed by atoms with Crippen LogP contribution in [0.1, 0.15) is 28.8 Å². The zero-order chi connectivity index (χ0) is 30.3. The summed E-state index contributed by atoms with van der Waals surface area (Å²) in [7, 11) is 4.38. The van der Waals surface area contributed by atoms with Crippen LogP contribution in [0.4, 0.5) is 13.2 Å². The summed E-state index contributed by atoms with van der Waals surface area (Å²) >= 11 is 0. The fourth-order valence-electron chi connectivity index (χ4n) is 4.19. The van der Waals surface area contributed by atoms with Gasteiger partial charge in [0.05, 0.1) is 21.3 Å². The number of nitrogens with zero attached hydrogens (tertiary/aromatic N) is 1. The summed E-state index contributed by atoms with van der Waals surface area (Å²) in [6, 6.07) is 1.64. The zero-order valence-corrected chi connectivity index (χ0v) is 22.4. The highest BCUT2D eigenvalue weighted by Gasteiger charge is 2.50. The first-order valence-electron chi connectivity index (χ1n) is 12.2. The van der Waals surface area contributed by atoms with Crippen molar-refractivity contribution in [3.8, 4) is 28.7 Å². The van der Waals surface area contributed by atoms with Crippen LogP contribution in [-0.2, 0) is 14.3 Å². The molecule has 2 aromatic rings. The van der Waals surface area contributed by atoms with Crippen molar-refractivity contribution in [2.75, 3.05) is 34.5 Å². The Morgan fingerprint density at radius 2 is 1.68 bits per heavy atom. The first-order valence-corrected chi connectivity index (χ1v) is 12.2. The molecular weight excluding hydrogens is 553 g/mol. The third-order valence-corrected chi connectivity index (χ3v) is 6.25. The molecule has 0 spiro atoms. The molecule has 1 saturated heterocycles. The van der Waals surface area contributed by atoms with Crippen LogP contribution in [0.5, 0.6) is 28.7 Å². The monoisotopic (exact) mass is 582 g/mol. The van der Waals surface area contributed by atoms with Crippen LogP contribution >= 0.6 is 0 Å². The molecule has 0 aliphatic carbocycles. The Labute approximate surface area is 233 Å². The minimum Gasteiger partial charge on any atom is -0.504 e. The van der Waals surface area contributed by atoms with E-state index in [0.717, 1.165) is 23.1 Å². The minimum atomic E-state index is -5.19. The van der Waals surface area contributed by atoms with E-state index in [0.29, 0.717) is 22.8 Å². The molecule has 2 atom stereocenters. The van der Waals surface area contributed by atoms with E-state index in [1.165, 1.54) is 27.4 Å². The molecule has 1 aliphatic heterocycles. The first kappa shape index (κ1) is 30.9. The molecule has 11 nitrogen and oxygen atoms in total. The highest BCUT2D eigenvalue weighted by Crippen LogP contribution is 2.35. The fourth-order valence-corrected chi connectivity index (χ4v) is 4.19. The quantitative estimate of drug-likeness (QED) is 0.285. The average molecular weight is 583 g/mol. The van der Waals surface area contributed by atoms with Crippen molar-refractivity contribution in [3.63, 3.8) is 0 Å². The predicted octanol–water partition coefficient (Wildman–Crippen LogP) is 3.03. The number of esters is 1. The number of benzene rings is 2. The molecule has 1 heterocycles. The number of methoxy groups -OCH3 is 3. The molecule has 0 radical (unpaired) electrons. The van der Waals surface area contributed by atoms with Crippen molar-refractivity contribution >= 4 is 23.9 Å². The Morgan fingerprint density at radius 1 is 1.02 bits per heavy atom. The number of carbonyl (C=O) groups excluding carboxylic acids is 3. The molecule has 3 rings (SSSR count). The second kappa shape index (κ2) is 13.2. The van der Waals surface area contributed by atoms with Gasteiger partial charge in [-0.25, -0.2) is 4.79 Å². The van der Waals surface area contributed by atoms with E-state index in [1.807, 2.05) is 0 Å². The number of halogens is 3. The lowest BCUT2D eigenvalue weighted by Crippen LogP contribution is -2.57. The van der Waals surface area contributed by atoms with Gasteiger partial charge >= 0.3 is 12.1 Å². The molecular formula is C27H29F3N2O9. The maximum Gasteiger partial charge on any atom is 0.417 e. The van der Waals surface area contributed by atoms with Crippen LogP contribution in [0.3, 0.4) is 0 Å². The van der Waals surface area contributed by atoms with Crippen molar-refractivity contribution in [2.45, 2.75) is 31.1 Å². The van der Waals surface area contributed by atoms with Gasteiger partial charge in [0, 0.05) is 23.7 Å². The number of alkyl halides is 3. The summed E-state index contributed by atoms with van der Waals surface area (Å²) in [6.45, 7) is -0.404. The van der Waals surface area contributed by atoms with E-state index in [2.05, 4.69) is 0 Å². The van der Waals surface area contributed by atoms with Crippen LogP contribution in [0.15, 0.2) is 36.4 Å². The number of phenols is 2. The van der Waals surface area contributed by atoms with Gasteiger partial charge in [-0.3, -0.25) is 9.59 Å². The van der Waals surface area contributed by atoms with E-state index < -0.39 is 53.1 Å². The Kier molecular flexibility index (Phi) is 9.92. The maximum absolute atomic E-state index is 13.8. The van der Waals surface area contributed by atoms with Gasteiger partial charge in [0.2, 0.25) is 6.04 Å². The van der Waals surface area contributed by atoms with E-state index in [1.54, 1.807) is 23.5 Å². The normalized spacial score (nSPS) is 15.9. The van der Waals surface area contributed by atoms with Crippen LogP contribution < -0.4 is 19.5 Å². The summed E-state index contributed by atoms with van der Waals surface area (Å²) < 4.78 is 62.5. The summed E-state index contributed by atoms with van der Waals surface area (Å²) in [5.41, 5.74) is 0.155. The van der Waals surface area contributed by atoms with Gasteiger partial charge in [0.25, 0.3) is 11.8 Å². The molecule has 222 valence electrons. The van der Waals surface area contributed by atoms with Gasteiger partial charge in [0.1, 0.15) is 18.4 Å². The van der Waals surface area contributed by atoms with Gasteiger partial charge < -0.3 is 39.4 Å². The number of likely N-dealkylation sites (tertiary alicyclic amines) is 1. The maximum atomic E-state index is 13.8. The topological polar surface area (TPSA) is 144 Å². The summed E-state index contributed by atoms with van der Waals surface area (Å²) in [5.74, 6) is -3.75. The lowest BCUT2D eigenvalue weighted by molar-refractivity contribution is -0.177. The molecule has 1 aliphatic rings. The Hall–Kier alpha value is -4.62. The highest BCUT2D eigenvalue weighted by molar-refractivity contribution is 5.99. The van der Waals surface area contributed by atoms with Gasteiger partial charge in [-0.05, 0) is 43.2 Å². The molecule has 14 heteroatoms. The lowest BCUT2D eigenvalue weighted by Gasteiger charge is -2.29. The lowest BCUT2D eigenvalue weighted by atomic mass is 10.1. The van der Waals surface area contributed by atoms with E-state index in [-0.39, 0.29) is 26.0 Å². The molecule has 0 saturated carbocycles. The van der Waals surface area contributed by atoms with Gasteiger partial charge in [0.15, 0.2) is 23.0 Å². The zero-order valence-electron chi connectivity index (χ0n) is 22.4. The molecule has 0 bridgehead atoms. The fraction of sp³-hybridized carbons (Fsp3) is 0.370. The smallest absolute Gasteiger partial charge is 0.417 e. The number of ether oxygens (including phenoxy) is 4. The Morgan fingerprint density at radius 3 is 2.29 bits per heavy atom. The van der Waals surface area contributed by atoms with E-state index in [4.69, 9.17) is 18.9 Å². The highest BCUT2D eigenvalue weighted by atomic mass is 19.4. The average Bonchev–Trinajstić information content (AvgIpc) is 3.44. The predicted molar refractivity (Wildman–Crippen MR) is 138 cm³/mol. The molecule has 2 amide bonds. The summed E-state index contributed by atoms with van der Waals surface area (Å²) in [4.78, 5) is 38.8. The standard InChI is InChI=1S/C27H29F3N2O9/c1-38-20-14-22(40-3)21(39-2)13-15(20)6-5-11-41-26(37)17-7-4-10-32(17)25(36)23(27(28,29)30)31-24(35)16-8-9-18(33)19(34)12-16/h5-6,8-9,12-14,17,23,33-34H,4,7,10-11H2,1-3H3,(H,31,35)/b6-5+. The van der Waals surface area contributed by atoms with Crippen LogP contribution in [-0.4, -0.2) is 85.6 Å². The number of aromatic hydroxyl groups is 2. The molecule has 1 fully saturated rings. The molecule has 3 N–H and O–H groups in total. The largest absolute Gasteiger partial charge is 0.504 e. The third-order valence-electron chi connectivity index (χ3n) is 6.25. The second-order valence-electron chi connectivity index (χ2n) is 8.82. The first-order chi connectivity index (χ1) is 19.4. The van der Waals surface area contributed by atoms with E-state index >= 15 is 0 Å². The Bertz CT molecular complexity index is 1310. The van der Waals surface area contributed by atoms with Gasteiger partial charge in [-0.1, -0.05) is 6.08 Å². The van der Waals surface area contributed by atoms with Crippen molar-refractivity contribution < 1.29 is 56.7 Å². The van der Waals surface area contributed by atoms with E-state index in [9.17, 15) is 37.8 Å². The number of nitrogens with one attached hydrogen (secondary N) is 1. The second-order valence-corrected chi connectivity index (χ2v) is 8.82. The molecule has 2 unspecified atom stereocenters. The number of phenolic OH excluding ortho intramolecular Hbond substituents is 2. The number of amides is 2. The molecule has 0 aromatic heterocycles. The summed E-state index contributed by atoms with van der Waals surface area (Å²) in [5, 5.41) is 20.5.